The Bertz CT molecular complexity index is 5100. The molecule has 0 unspecified atom stereocenters. The molecule has 77 heavy (non-hydrogen) atoms. The predicted octanol–water partition coefficient (Wildman–Crippen LogP) is 18.9. The van der Waals surface area contributed by atoms with Crippen LogP contribution in [0.1, 0.15) is 0 Å². The molecule has 0 saturated heterocycles. The molecule has 0 spiro atoms. The average Bonchev–Trinajstić information content (AvgIpc) is 4.45. The minimum atomic E-state index is 0.515. The summed E-state index contributed by atoms with van der Waals surface area (Å²) in [5, 5.41) is 10.4. The second-order valence-corrected chi connectivity index (χ2v) is 19.8. The second kappa shape index (κ2) is 16.0. The first-order valence-corrected chi connectivity index (χ1v) is 25.7. The van der Waals surface area contributed by atoms with Crippen molar-refractivity contribution in [3.8, 4) is 62.1 Å². The van der Waals surface area contributed by atoms with Gasteiger partial charge in [-0.05, 0) is 96.1 Å². The topological polar surface area (TPSA) is 96.2 Å². The number of rotatable bonds is 6. The molecule has 0 atom stereocenters. The lowest BCUT2D eigenvalue weighted by Crippen LogP contribution is -2.04. The molecule has 6 heterocycles. The molecule has 0 radical (unpaired) electrons. The summed E-state index contributed by atoms with van der Waals surface area (Å²) in [6.07, 6.45) is 0. The zero-order chi connectivity index (χ0) is 50.3. The number of hydrogen-bond donors (Lipinski definition) is 0. The van der Waals surface area contributed by atoms with Crippen LogP contribution in [0.15, 0.2) is 248 Å². The van der Waals surface area contributed by atoms with E-state index in [2.05, 4.69) is 174 Å². The zero-order valence-electron chi connectivity index (χ0n) is 40.9. The van der Waals surface area contributed by atoms with Crippen molar-refractivity contribution in [1.82, 2.24) is 19.5 Å². The zero-order valence-corrected chi connectivity index (χ0v) is 40.9. The summed E-state index contributed by atoms with van der Waals surface area (Å²) < 4.78 is 28.8. The van der Waals surface area contributed by atoms with Gasteiger partial charge in [-0.1, -0.05) is 146 Å². The molecule has 0 N–H and O–H groups in total. The SMILES string of the molecule is c1ccc(-c2cc(-c3nc(-c4ccc5c(c4)oc4ccccc45)nc(-c4ccc5c(c4)oc4ccccc45)n3)cc(-c3ccccc3)c2-n2c3ccccc3c3c4oc5c(ccc6oc7ccccc7c65)c4ccc32)cc1. The minimum Gasteiger partial charge on any atom is -0.456 e. The van der Waals surface area contributed by atoms with Gasteiger partial charge in [0.2, 0.25) is 0 Å². The van der Waals surface area contributed by atoms with Crippen LogP contribution < -0.4 is 0 Å². The molecule has 0 aliphatic carbocycles. The lowest BCUT2D eigenvalue weighted by Gasteiger charge is -2.21. The van der Waals surface area contributed by atoms with Gasteiger partial charge in [0.05, 0.1) is 27.5 Å². The van der Waals surface area contributed by atoms with Gasteiger partial charge in [-0.15, -0.1) is 0 Å². The highest BCUT2D eigenvalue weighted by Crippen LogP contribution is 2.48. The first-order chi connectivity index (χ1) is 38.1. The highest BCUT2D eigenvalue weighted by Gasteiger charge is 2.26. The van der Waals surface area contributed by atoms with Crippen molar-refractivity contribution in [1.29, 1.82) is 0 Å². The fourth-order valence-electron chi connectivity index (χ4n) is 12.0. The standard InChI is InChI=1S/C69H38N4O4/c1-3-15-39(16-4-1)52-35-43(69-71-67(41-27-29-46-44-19-8-12-24-56(44)75-60(46)37-41)70-68(72-69)42-28-30-47-45-20-9-13-25-57(45)76-61(47)38-42)36-53(40-17-5-2-6-18-40)64(52)73-54-23-11-7-21-50(54)62-55(73)33-31-48-49-32-34-59-63(66(49)77-65(48)62)51-22-10-14-26-58(51)74-59/h1-38H. The van der Waals surface area contributed by atoms with Gasteiger partial charge in [-0.2, -0.15) is 0 Å². The van der Waals surface area contributed by atoms with Crippen molar-refractivity contribution in [2.45, 2.75) is 0 Å². The molecule has 0 aliphatic rings. The lowest BCUT2D eigenvalue weighted by molar-refractivity contribution is 0.664. The van der Waals surface area contributed by atoms with E-state index in [0.717, 1.165) is 154 Å². The second-order valence-electron chi connectivity index (χ2n) is 19.8. The van der Waals surface area contributed by atoms with Gasteiger partial charge in [-0.3, -0.25) is 0 Å². The number of fused-ring (bicyclic) bond motifs is 17. The Labute approximate surface area is 437 Å². The number of benzene rings is 11. The molecule has 17 aromatic rings. The first-order valence-electron chi connectivity index (χ1n) is 25.7. The first kappa shape index (κ1) is 41.9. The summed E-state index contributed by atoms with van der Waals surface area (Å²) >= 11 is 0. The van der Waals surface area contributed by atoms with Gasteiger partial charge in [0.15, 0.2) is 17.5 Å². The molecule has 0 fully saturated rings. The molecule has 8 nitrogen and oxygen atoms in total. The highest BCUT2D eigenvalue weighted by molar-refractivity contribution is 6.28. The summed E-state index contributed by atoms with van der Waals surface area (Å²) in [6.45, 7) is 0. The van der Waals surface area contributed by atoms with Crippen LogP contribution in [-0.4, -0.2) is 19.5 Å². The summed E-state index contributed by atoms with van der Waals surface area (Å²) in [4.78, 5) is 16.0. The van der Waals surface area contributed by atoms with Crippen LogP contribution in [0.5, 0.6) is 0 Å². The van der Waals surface area contributed by atoms with E-state index in [1.165, 1.54) is 0 Å². The fourth-order valence-corrected chi connectivity index (χ4v) is 12.0. The quantitative estimate of drug-likeness (QED) is 0.164. The van der Waals surface area contributed by atoms with Gasteiger partial charge in [0.1, 0.15) is 44.7 Å². The molecular formula is C69H38N4O4. The van der Waals surface area contributed by atoms with E-state index in [4.69, 9.17) is 32.6 Å². The van der Waals surface area contributed by atoms with E-state index in [1.54, 1.807) is 0 Å². The maximum atomic E-state index is 7.18. The smallest absolute Gasteiger partial charge is 0.164 e. The van der Waals surface area contributed by atoms with E-state index in [-0.39, 0.29) is 0 Å². The van der Waals surface area contributed by atoms with E-state index in [0.29, 0.717) is 17.5 Å². The summed E-state index contributed by atoms with van der Waals surface area (Å²) in [5.74, 6) is 1.55. The molecular weight excluding hydrogens is 949 g/mol. The summed E-state index contributed by atoms with van der Waals surface area (Å²) in [6, 6.07) is 79.9. The van der Waals surface area contributed by atoms with Gasteiger partial charge in [0, 0.05) is 70.9 Å². The Morgan fingerprint density at radius 1 is 0.260 bits per heavy atom. The summed E-state index contributed by atoms with van der Waals surface area (Å²) in [5.41, 5.74) is 16.0. The molecule has 11 aromatic carbocycles. The molecule has 0 saturated carbocycles. The molecule has 6 aromatic heterocycles. The Balaban J connectivity index is 0.943. The predicted molar refractivity (Wildman–Crippen MR) is 310 cm³/mol. The Morgan fingerprint density at radius 2 is 0.701 bits per heavy atom. The number of aromatic nitrogens is 4. The third-order valence-corrected chi connectivity index (χ3v) is 15.5. The minimum absolute atomic E-state index is 0.515. The fraction of sp³-hybridized carbons (Fsp3) is 0. The number of para-hydroxylation sites is 4. The third kappa shape index (κ3) is 6.24. The van der Waals surface area contributed by atoms with E-state index >= 15 is 0 Å². The van der Waals surface area contributed by atoms with Crippen LogP contribution >= 0.6 is 0 Å². The van der Waals surface area contributed by atoms with Gasteiger partial charge in [0.25, 0.3) is 0 Å². The molecule has 8 heteroatoms. The van der Waals surface area contributed by atoms with E-state index in [9.17, 15) is 0 Å². The van der Waals surface area contributed by atoms with Crippen LogP contribution in [0, 0.1) is 0 Å². The van der Waals surface area contributed by atoms with Gasteiger partial charge < -0.3 is 22.2 Å². The number of furan rings is 4. The van der Waals surface area contributed by atoms with Crippen LogP contribution in [-0.2, 0) is 0 Å². The van der Waals surface area contributed by atoms with Crippen molar-refractivity contribution >= 4 is 110 Å². The van der Waals surface area contributed by atoms with Crippen molar-refractivity contribution in [2.75, 3.05) is 0 Å². The molecule has 17 rings (SSSR count). The van der Waals surface area contributed by atoms with Crippen molar-refractivity contribution in [3.05, 3.63) is 231 Å². The van der Waals surface area contributed by atoms with Gasteiger partial charge >= 0.3 is 0 Å². The lowest BCUT2D eigenvalue weighted by atomic mass is 9.92. The highest BCUT2D eigenvalue weighted by atomic mass is 16.3. The third-order valence-electron chi connectivity index (χ3n) is 15.5. The number of hydrogen-bond acceptors (Lipinski definition) is 7. The molecule has 358 valence electrons. The van der Waals surface area contributed by atoms with E-state index < -0.39 is 0 Å². The Hall–Kier alpha value is -10.6. The summed E-state index contributed by atoms with van der Waals surface area (Å²) in [7, 11) is 0. The molecule has 0 bridgehead atoms. The van der Waals surface area contributed by atoms with Crippen molar-refractivity contribution in [3.63, 3.8) is 0 Å². The molecule has 0 amide bonds. The Kier molecular flexibility index (Phi) is 8.68. The van der Waals surface area contributed by atoms with Gasteiger partial charge in [-0.25, -0.2) is 15.0 Å². The Morgan fingerprint density at radius 3 is 1.30 bits per heavy atom. The van der Waals surface area contributed by atoms with Crippen molar-refractivity contribution < 1.29 is 17.7 Å². The largest absolute Gasteiger partial charge is 0.456 e. The number of nitrogens with zero attached hydrogens (tertiary/aromatic N) is 4. The van der Waals surface area contributed by atoms with Crippen molar-refractivity contribution in [2.24, 2.45) is 0 Å². The van der Waals surface area contributed by atoms with Crippen LogP contribution in [0.3, 0.4) is 0 Å². The monoisotopic (exact) mass is 986 g/mol. The normalized spacial score (nSPS) is 12.2. The maximum Gasteiger partial charge on any atom is 0.164 e. The maximum absolute atomic E-state index is 7.18. The van der Waals surface area contributed by atoms with Crippen LogP contribution in [0.4, 0.5) is 0 Å². The van der Waals surface area contributed by atoms with E-state index in [1.807, 2.05) is 60.7 Å². The molecule has 0 aliphatic heterocycles. The van der Waals surface area contributed by atoms with Crippen LogP contribution in [0.2, 0.25) is 0 Å². The average molecular weight is 987 g/mol. The van der Waals surface area contributed by atoms with Crippen LogP contribution in [0.25, 0.3) is 172 Å².